The fourth-order valence-electron chi connectivity index (χ4n) is 3.34. The molecule has 1 atom stereocenters. The molecule has 1 N–H and O–H groups in total. The summed E-state index contributed by atoms with van der Waals surface area (Å²) in [7, 11) is 0. The Bertz CT molecular complexity index is 1230. The highest BCUT2D eigenvalue weighted by Gasteiger charge is 2.26. The van der Waals surface area contributed by atoms with E-state index in [0.29, 0.717) is 22.5 Å². The summed E-state index contributed by atoms with van der Waals surface area (Å²) in [5, 5.41) is 7.61. The third-order valence-electron chi connectivity index (χ3n) is 5.00. The Kier molecular flexibility index (Phi) is 5.80. The van der Waals surface area contributed by atoms with E-state index in [4.69, 9.17) is 9.26 Å². The molecule has 1 aromatic heterocycles. The van der Waals surface area contributed by atoms with Crippen LogP contribution in [0.3, 0.4) is 0 Å². The van der Waals surface area contributed by atoms with Crippen molar-refractivity contribution in [2.75, 3.05) is 5.32 Å². The molecule has 31 heavy (non-hydrogen) atoms. The normalized spacial score (nSPS) is 11.8. The van der Waals surface area contributed by atoms with E-state index in [2.05, 4.69) is 10.5 Å². The lowest BCUT2D eigenvalue weighted by molar-refractivity contribution is -0.154. The number of hydrogen-bond acceptors (Lipinski definition) is 5. The summed E-state index contributed by atoms with van der Waals surface area (Å²) < 4.78 is 10.9. The van der Waals surface area contributed by atoms with E-state index in [0.717, 1.165) is 16.5 Å². The zero-order valence-electron chi connectivity index (χ0n) is 17.3. The van der Waals surface area contributed by atoms with Crippen LogP contribution in [0.15, 0.2) is 77.3 Å². The molecule has 156 valence electrons. The molecule has 6 nitrogen and oxygen atoms in total. The maximum atomic E-state index is 13.1. The Morgan fingerprint density at radius 2 is 1.74 bits per heavy atom. The summed E-state index contributed by atoms with van der Waals surface area (Å²) in [6, 6.07) is 22.0. The first-order valence-electron chi connectivity index (χ1n) is 9.97. The van der Waals surface area contributed by atoms with E-state index < -0.39 is 18.0 Å². The van der Waals surface area contributed by atoms with Crippen LogP contribution in [0.25, 0.3) is 11.0 Å². The van der Waals surface area contributed by atoms with Crippen LogP contribution in [0, 0.1) is 13.8 Å². The molecule has 6 heteroatoms. The Morgan fingerprint density at radius 1 is 1.00 bits per heavy atom. The van der Waals surface area contributed by atoms with Crippen LogP contribution >= 0.6 is 0 Å². The van der Waals surface area contributed by atoms with E-state index >= 15 is 0 Å². The molecule has 0 saturated heterocycles. The monoisotopic (exact) mass is 414 g/mol. The summed E-state index contributed by atoms with van der Waals surface area (Å²) in [5.74, 6) is -0.984. The number of aryl methyl sites for hydroxylation is 2. The molecule has 0 fully saturated rings. The van der Waals surface area contributed by atoms with Crippen molar-refractivity contribution in [3.8, 4) is 0 Å². The van der Waals surface area contributed by atoms with Gasteiger partial charge in [0.25, 0.3) is 5.91 Å². The van der Waals surface area contributed by atoms with Gasteiger partial charge in [-0.1, -0.05) is 59.8 Å². The zero-order valence-corrected chi connectivity index (χ0v) is 17.3. The third-order valence-corrected chi connectivity index (χ3v) is 5.00. The minimum absolute atomic E-state index is 0.100. The van der Waals surface area contributed by atoms with Gasteiger partial charge in [0.1, 0.15) is 5.69 Å². The number of fused-ring (bicyclic) bond motifs is 1. The maximum absolute atomic E-state index is 13.1. The standard InChI is InChI=1S/C25H22N2O4/c1-16-12-13-17(2)20(14-16)26-25(29)24(18-8-4-3-5-9-18)30-23(28)15-21-19-10-6-7-11-22(19)31-27-21/h3-14,24H,15H2,1-2H3,(H,26,29)/t24-/m0/s1. The lowest BCUT2D eigenvalue weighted by atomic mass is 10.1. The highest BCUT2D eigenvalue weighted by Crippen LogP contribution is 2.24. The number of hydrogen-bond donors (Lipinski definition) is 1. The summed E-state index contributed by atoms with van der Waals surface area (Å²) in [4.78, 5) is 25.8. The van der Waals surface area contributed by atoms with Crippen molar-refractivity contribution >= 4 is 28.5 Å². The van der Waals surface area contributed by atoms with Gasteiger partial charge in [-0.2, -0.15) is 0 Å². The number of nitrogens with zero attached hydrogens (tertiary/aromatic N) is 1. The second-order valence-electron chi connectivity index (χ2n) is 7.39. The van der Waals surface area contributed by atoms with Gasteiger partial charge in [-0.05, 0) is 43.2 Å². The highest BCUT2D eigenvalue weighted by molar-refractivity contribution is 5.97. The average Bonchev–Trinajstić information content (AvgIpc) is 3.18. The smallest absolute Gasteiger partial charge is 0.313 e. The van der Waals surface area contributed by atoms with Crippen molar-refractivity contribution < 1.29 is 18.8 Å². The molecule has 0 unspecified atom stereocenters. The van der Waals surface area contributed by atoms with Crippen LogP contribution in [0.5, 0.6) is 0 Å². The second kappa shape index (κ2) is 8.83. The molecule has 0 saturated carbocycles. The van der Waals surface area contributed by atoms with Crippen LogP contribution in [-0.2, 0) is 20.7 Å². The van der Waals surface area contributed by atoms with Gasteiger partial charge in [-0.15, -0.1) is 0 Å². The van der Waals surface area contributed by atoms with E-state index in [1.165, 1.54) is 0 Å². The molecule has 0 radical (unpaired) electrons. The third kappa shape index (κ3) is 4.64. The minimum Gasteiger partial charge on any atom is -0.447 e. The summed E-state index contributed by atoms with van der Waals surface area (Å²) >= 11 is 0. The van der Waals surface area contributed by atoms with Gasteiger partial charge in [-0.3, -0.25) is 9.59 Å². The summed E-state index contributed by atoms with van der Waals surface area (Å²) in [5.41, 5.74) is 4.28. The van der Waals surface area contributed by atoms with Crippen molar-refractivity contribution in [1.82, 2.24) is 5.16 Å². The topological polar surface area (TPSA) is 81.4 Å². The van der Waals surface area contributed by atoms with Crippen molar-refractivity contribution in [2.24, 2.45) is 0 Å². The molecule has 1 heterocycles. The van der Waals surface area contributed by atoms with E-state index in [-0.39, 0.29) is 6.42 Å². The molecular formula is C25H22N2O4. The average molecular weight is 414 g/mol. The quantitative estimate of drug-likeness (QED) is 0.453. The van der Waals surface area contributed by atoms with Gasteiger partial charge < -0.3 is 14.6 Å². The fraction of sp³-hybridized carbons (Fsp3) is 0.160. The Labute approximate surface area is 179 Å². The highest BCUT2D eigenvalue weighted by atomic mass is 16.5. The molecule has 0 aliphatic heterocycles. The van der Waals surface area contributed by atoms with Gasteiger partial charge in [0.15, 0.2) is 5.58 Å². The first-order chi connectivity index (χ1) is 15.0. The van der Waals surface area contributed by atoms with Crippen molar-refractivity contribution in [3.05, 3.63) is 95.2 Å². The first-order valence-corrected chi connectivity index (χ1v) is 9.97. The van der Waals surface area contributed by atoms with Crippen LogP contribution < -0.4 is 5.32 Å². The molecule has 0 bridgehead atoms. The van der Waals surface area contributed by atoms with Gasteiger partial charge in [0.05, 0.1) is 6.42 Å². The Morgan fingerprint density at radius 3 is 2.55 bits per heavy atom. The molecule has 0 aliphatic rings. The number of amides is 1. The van der Waals surface area contributed by atoms with Crippen molar-refractivity contribution in [2.45, 2.75) is 26.4 Å². The Balaban J connectivity index is 1.56. The van der Waals surface area contributed by atoms with Crippen LogP contribution in [-0.4, -0.2) is 17.0 Å². The Hall–Kier alpha value is -3.93. The number of carbonyl (C=O) groups is 2. The number of anilines is 1. The molecule has 4 rings (SSSR count). The number of nitrogens with one attached hydrogen (secondary N) is 1. The molecular weight excluding hydrogens is 392 g/mol. The molecule has 3 aromatic carbocycles. The summed E-state index contributed by atoms with van der Waals surface area (Å²) in [6.07, 6.45) is -1.19. The van der Waals surface area contributed by atoms with Gasteiger partial charge in [0, 0.05) is 16.6 Å². The van der Waals surface area contributed by atoms with Crippen molar-refractivity contribution in [1.29, 1.82) is 0 Å². The van der Waals surface area contributed by atoms with Crippen LogP contribution in [0.4, 0.5) is 5.69 Å². The van der Waals surface area contributed by atoms with Gasteiger partial charge >= 0.3 is 5.97 Å². The number of carbonyl (C=O) groups excluding carboxylic acids is 2. The lowest BCUT2D eigenvalue weighted by Crippen LogP contribution is -2.26. The first kappa shape index (κ1) is 20.3. The van der Waals surface area contributed by atoms with E-state index in [1.54, 1.807) is 30.3 Å². The SMILES string of the molecule is Cc1ccc(C)c(NC(=O)[C@@H](OC(=O)Cc2noc3ccccc23)c2ccccc2)c1. The fourth-order valence-corrected chi connectivity index (χ4v) is 3.34. The van der Waals surface area contributed by atoms with Crippen LogP contribution in [0.1, 0.15) is 28.5 Å². The number of esters is 1. The van der Waals surface area contributed by atoms with E-state index in [1.807, 2.05) is 56.3 Å². The second-order valence-corrected chi connectivity index (χ2v) is 7.39. The molecule has 1 amide bonds. The number of rotatable bonds is 6. The van der Waals surface area contributed by atoms with Gasteiger partial charge in [-0.25, -0.2) is 0 Å². The largest absolute Gasteiger partial charge is 0.447 e. The molecule has 0 aliphatic carbocycles. The zero-order chi connectivity index (χ0) is 21.8. The number of para-hydroxylation sites is 1. The van der Waals surface area contributed by atoms with Crippen molar-refractivity contribution in [3.63, 3.8) is 0 Å². The number of benzene rings is 3. The predicted octanol–water partition coefficient (Wildman–Crippen LogP) is 4.91. The van der Waals surface area contributed by atoms with Crippen LogP contribution in [0.2, 0.25) is 0 Å². The van der Waals surface area contributed by atoms with E-state index in [9.17, 15) is 9.59 Å². The van der Waals surface area contributed by atoms with Gasteiger partial charge in [0.2, 0.25) is 6.10 Å². The predicted molar refractivity (Wildman–Crippen MR) is 118 cm³/mol. The molecule has 4 aromatic rings. The number of ether oxygens (including phenoxy) is 1. The molecule has 0 spiro atoms. The minimum atomic E-state index is -1.09. The maximum Gasteiger partial charge on any atom is 0.313 e. The summed E-state index contributed by atoms with van der Waals surface area (Å²) in [6.45, 7) is 3.86. The number of aromatic nitrogens is 1. The lowest BCUT2D eigenvalue weighted by Gasteiger charge is -2.19.